The molecule has 0 aromatic rings. The van der Waals surface area contributed by atoms with Crippen molar-refractivity contribution in [1.82, 2.24) is 0 Å². The van der Waals surface area contributed by atoms with Crippen molar-refractivity contribution < 1.29 is 18.3 Å². The molecule has 1 aliphatic carbocycles. The average molecular weight is 208 g/mol. The maximum Gasteiger partial charge on any atom is 0.147 e. The Morgan fingerprint density at radius 2 is 2.23 bits per heavy atom. The maximum atomic E-state index is 11.0. The molecule has 0 spiro atoms. The van der Waals surface area contributed by atoms with Gasteiger partial charge in [-0.25, -0.2) is 8.42 Å². The first kappa shape index (κ1) is 10.9. The van der Waals surface area contributed by atoms with Crippen LogP contribution in [0, 0.1) is 11.3 Å². The molecule has 0 bridgehead atoms. The van der Waals surface area contributed by atoms with Crippen LogP contribution in [-0.2, 0) is 14.6 Å². The van der Waals surface area contributed by atoms with E-state index in [2.05, 4.69) is 0 Å². The lowest BCUT2D eigenvalue weighted by Gasteiger charge is -2.11. The normalized spacial score (nSPS) is 33.3. The predicted octanol–water partition coefficient (Wildman–Crippen LogP) is -0.324. The van der Waals surface area contributed by atoms with Crippen LogP contribution in [0.25, 0.3) is 0 Å². The fraction of sp³-hybridized carbons (Fsp3) is 1.00. The quantitative estimate of drug-likeness (QED) is 0.672. The lowest BCUT2D eigenvalue weighted by atomic mass is 10.1. The Morgan fingerprint density at radius 3 is 2.62 bits per heavy atom. The third-order valence-corrected chi connectivity index (χ3v) is 3.62. The number of hydrogen-bond donors (Lipinski definition) is 1. The van der Waals surface area contributed by atoms with Crippen molar-refractivity contribution in [2.75, 3.05) is 32.3 Å². The Labute approximate surface area is 78.8 Å². The molecule has 1 N–H and O–H groups in total. The van der Waals surface area contributed by atoms with Crippen LogP contribution in [-0.4, -0.2) is 45.9 Å². The molecule has 0 radical (unpaired) electrons. The summed E-state index contributed by atoms with van der Waals surface area (Å²) in [6.07, 6.45) is 1.98. The van der Waals surface area contributed by atoms with Crippen LogP contribution in [0.2, 0.25) is 0 Å². The second kappa shape index (κ2) is 3.55. The van der Waals surface area contributed by atoms with Crippen molar-refractivity contribution in [3.05, 3.63) is 0 Å². The molecule has 0 saturated heterocycles. The highest BCUT2D eigenvalue weighted by molar-refractivity contribution is 7.90. The molecule has 0 amide bonds. The summed E-state index contributed by atoms with van der Waals surface area (Å²) in [7, 11) is -1.36. The second-order valence-electron chi connectivity index (χ2n) is 3.95. The van der Waals surface area contributed by atoms with E-state index in [0.29, 0.717) is 6.61 Å². The van der Waals surface area contributed by atoms with Gasteiger partial charge in [0.25, 0.3) is 0 Å². The summed E-state index contributed by atoms with van der Waals surface area (Å²) in [4.78, 5) is 0. The monoisotopic (exact) mass is 208 g/mol. The van der Waals surface area contributed by atoms with Gasteiger partial charge in [-0.1, -0.05) is 0 Å². The molecule has 1 rings (SSSR count). The van der Waals surface area contributed by atoms with E-state index < -0.39 is 9.84 Å². The van der Waals surface area contributed by atoms with Gasteiger partial charge in [-0.3, -0.25) is 0 Å². The van der Waals surface area contributed by atoms with E-state index in [1.54, 1.807) is 7.11 Å². The van der Waals surface area contributed by atoms with Gasteiger partial charge < -0.3 is 9.84 Å². The van der Waals surface area contributed by atoms with Crippen molar-refractivity contribution in [3.8, 4) is 0 Å². The summed E-state index contributed by atoms with van der Waals surface area (Å²) in [5.74, 6) is 0.240. The fourth-order valence-corrected chi connectivity index (χ4v) is 2.94. The molecule has 1 aliphatic rings. The van der Waals surface area contributed by atoms with Gasteiger partial charge in [0.2, 0.25) is 0 Å². The zero-order valence-electron chi connectivity index (χ0n) is 7.99. The van der Waals surface area contributed by atoms with Gasteiger partial charge in [-0.05, 0) is 12.3 Å². The summed E-state index contributed by atoms with van der Waals surface area (Å²) in [6.45, 7) is 0.463. The summed E-state index contributed by atoms with van der Waals surface area (Å²) < 4.78 is 26.9. The number of sulfone groups is 1. The number of rotatable bonds is 5. The molecule has 5 heteroatoms. The Balaban J connectivity index is 2.51. The predicted molar refractivity (Wildman–Crippen MR) is 49.2 cm³/mol. The SMILES string of the molecule is COC[C@]1(CO)C[C@H]1CS(C)(=O)=O. The van der Waals surface area contributed by atoms with Crippen LogP contribution in [0.5, 0.6) is 0 Å². The summed E-state index contributed by atoms with van der Waals surface area (Å²) in [6, 6.07) is 0. The third-order valence-electron chi connectivity index (χ3n) is 2.61. The van der Waals surface area contributed by atoms with E-state index in [4.69, 9.17) is 9.84 Å². The summed E-state index contributed by atoms with van der Waals surface area (Å²) in [5.41, 5.74) is -0.280. The minimum atomic E-state index is -2.93. The van der Waals surface area contributed by atoms with Crippen LogP contribution in [0.15, 0.2) is 0 Å². The van der Waals surface area contributed by atoms with E-state index in [9.17, 15) is 8.42 Å². The van der Waals surface area contributed by atoms with Gasteiger partial charge in [-0.15, -0.1) is 0 Å². The molecule has 1 saturated carbocycles. The number of ether oxygens (including phenoxy) is 1. The molecule has 0 aromatic heterocycles. The van der Waals surface area contributed by atoms with Gasteiger partial charge in [0.1, 0.15) is 9.84 Å². The first-order valence-electron chi connectivity index (χ1n) is 4.21. The highest BCUT2D eigenvalue weighted by Crippen LogP contribution is 2.52. The highest BCUT2D eigenvalue weighted by atomic mass is 32.2. The number of methoxy groups -OCH3 is 1. The molecule has 4 nitrogen and oxygen atoms in total. The van der Waals surface area contributed by atoms with Crippen molar-refractivity contribution in [2.45, 2.75) is 6.42 Å². The molecule has 78 valence electrons. The lowest BCUT2D eigenvalue weighted by Crippen LogP contribution is -2.20. The third kappa shape index (κ3) is 2.65. The molecule has 0 aliphatic heterocycles. The van der Waals surface area contributed by atoms with Gasteiger partial charge in [0.15, 0.2) is 0 Å². The van der Waals surface area contributed by atoms with Crippen LogP contribution in [0.3, 0.4) is 0 Å². The van der Waals surface area contributed by atoms with Crippen molar-refractivity contribution in [2.24, 2.45) is 11.3 Å². The Kier molecular flexibility index (Phi) is 2.99. The zero-order chi connectivity index (χ0) is 10.1. The van der Waals surface area contributed by atoms with Crippen molar-refractivity contribution in [1.29, 1.82) is 0 Å². The summed E-state index contributed by atoms with van der Waals surface area (Å²) >= 11 is 0. The topological polar surface area (TPSA) is 63.6 Å². The fourth-order valence-electron chi connectivity index (χ4n) is 1.74. The Hall–Kier alpha value is -0.130. The minimum absolute atomic E-state index is 0.0149. The smallest absolute Gasteiger partial charge is 0.147 e. The molecular weight excluding hydrogens is 192 g/mol. The highest BCUT2D eigenvalue weighted by Gasteiger charge is 2.54. The van der Waals surface area contributed by atoms with Gasteiger partial charge in [0, 0.05) is 18.8 Å². The lowest BCUT2D eigenvalue weighted by molar-refractivity contribution is 0.0879. The number of hydrogen-bond acceptors (Lipinski definition) is 4. The largest absolute Gasteiger partial charge is 0.396 e. The standard InChI is InChI=1S/C8H16O4S/c1-12-6-8(5-9)3-7(8)4-13(2,10)11/h7,9H,3-6H2,1-2H3/t7-,8+/m0/s1. The van der Waals surface area contributed by atoms with Gasteiger partial charge in [0.05, 0.1) is 19.0 Å². The van der Waals surface area contributed by atoms with E-state index >= 15 is 0 Å². The average Bonchev–Trinajstić information content (AvgIpc) is 2.61. The van der Waals surface area contributed by atoms with Crippen LogP contribution >= 0.6 is 0 Å². The van der Waals surface area contributed by atoms with Crippen LogP contribution < -0.4 is 0 Å². The molecule has 0 heterocycles. The minimum Gasteiger partial charge on any atom is -0.396 e. The van der Waals surface area contributed by atoms with E-state index in [1.165, 1.54) is 6.26 Å². The molecule has 2 atom stereocenters. The van der Waals surface area contributed by atoms with Crippen LogP contribution in [0.1, 0.15) is 6.42 Å². The maximum absolute atomic E-state index is 11.0. The molecule has 0 aromatic carbocycles. The second-order valence-corrected chi connectivity index (χ2v) is 6.13. The van der Waals surface area contributed by atoms with Crippen molar-refractivity contribution in [3.63, 3.8) is 0 Å². The Bertz CT molecular complexity index is 272. The first-order chi connectivity index (χ1) is 5.93. The van der Waals surface area contributed by atoms with Gasteiger partial charge in [-0.2, -0.15) is 0 Å². The summed E-state index contributed by atoms with van der Waals surface area (Å²) in [5, 5.41) is 9.08. The molecule has 1 fully saturated rings. The first-order valence-corrected chi connectivity index (χ1v) is 6.27. The number of aliphatic hydroxyl groups is 1. The van der Waals surface area contributed by atoms with E-state index in [0.717, 1.165) is 6.42 Å². The van der Waals surface area contributed by atoms with Crippen LogP contribution in [0.4, 0.5) is 0 Å². The van der Waals surface area contributed by atoms with E-state index in [-0.39, 0.29) is 23.7 Å². The van der Waals surface area contributed by atoms with Crippen molar-refractivity contribution >= 4 is 9.84 Å². The molecular formula is C8H16O4S. The molecule has 0 unspecified atom stereocenters. The molecule has 13 heavy (non-hydrogen) atoms. The zero-order valence-corrected chi connectivity index (χ0v) is 8.80. The Morgan fingerprint density at radius 1 is 1.62 bits per heavy atom. The van der Waals surface area contributed by atoms with E-state index in [1.807, 2.05) is 0 Å². The van der Waals surface area contributed by atoms with Gasteiger partial charge >= 0.3 is 0 Å². The number of aliphatic hydroxyl groups excluding tert-OH is 1.